The van der Waals surface area contributed by atoms with Crippen molar-refractivity contribution in [3.05, 3.63) is 56.5 Å². The molecular formula is C17H19BrClNO. The molecule has 112 valence electrons. The van der Waals surface area contributed by atoms with Gasteiger partial charge in [0.25, 0.3) is 0 Å². The van der Waals surface area contributed by atoms with Gasteiger partial charge in [-0.1, -0.05) is 33.6 Å². The van der Waals surface area contributed by atoms with E-state index in [1.165, 1.54) is 0 Å². The number of halogens is 2. The van der Waals surface area contributed by atoms with E-state index in [1.807, 2.05) is 51.1 Å². The van der Waals surface area contributed by atoms with Crippen molar-refractivity contribution in [1.29, 1.82) is 0 Å². The summed E-state index contributed by atoms with van der Waals surface area (Å²) in [4.78, 5) is 0. The first kappa shape index (κ1) is 16.3. The fraction of sp³-hybridized carbons (Fsp3) is 0.294. The zero-order chi connectivity index (χ0) is 15.6. The lowest BCUT2D eigenvalue weighted by Crippen LogP contribution is -2.18. The van der Waals surface area contributed by atoms with Crippen molar-refractivity contribution in [2.45, 2.75) is 33.2 Å². The van der Waals surface area contributed by atoms with Crippen LogP contribution in [0.25, 0.3) is 0 Å². The molecule has 0 bridgehead atoms. The van der Waals surface area contributed by atoms with E-state index in [-0.39, 0.29) is 6.04 Å². The van der Waals surface area contributed by atoms with Crippen LogP contribution in [0.5, 0.6) is 11.5 Å². The molecule has 0 amide bonds. The van der Waals surface area contributed by atoms with Gasteiger partial charge in [-0.15, -0.1) is 0 Å². The summed E-state index contributed by atoms with van der Waals surface area (Å²) in [6.45, 7) is 6.05. The Morgan fingerprint density at radius 3 is 2.43 bits per heavy atom. The molecule has 0 aliphatic carbocycles. The maximum atomic E-state index is 6.28. The first-order valence-electron chi connectivity index (χ1n) is 6.86. The van der Waals surface area contributed by atoms with Crippen LogP contribution < -0.4 is 10.5 Å². The van der Waals surface area contributed by atoms with Crippen LogP contribution in [-0.2, 0) is 6.42 Å². The zero-order valence-electron chi connectivity index (χ0n) is 12.4. The van der Waals surface area contributed by atoms with Crippen LogP contribution in [0.2, 0.25) is 5.02 Å². The fourth-order valence-corrected chi connectivity index (χ4v) is 2.72. The molecule has 0 radical (unpaired) electrons. The summed E-state index contributed by atoms with van der Waals surface area (Å²) in [5.41, 5.74) is 9.13. The van der Waals surface area contributed by atoms with Gasteiger partial charge in [0.1, 0.15) is 11.5 Å². The van der Waals surface area contributed by atoms with Crippen molar-refractivity contribution in [1.82, 2.24) is 0 Å². The van der Waals surface area contributed by atoms with Crippen LogP contribution in [0.3, 0.4) is 0 Å². The summed E-state index contributed by atoms with van der Waals surface area (Å²) in [5.74, 6) is 1.57. The molecule has 2 nitrogen and oxygen atoms in total. The molecule has 0 heterocycles. The van der Waals surface area contributed by atoms with E-state index in [2.05, 4.69) is 15.9 Å². The molecule has 0 aliphatic rings. The number of hydrogen-bond acceptors (Lipinski definition) is 2. The fourth-order valence-electron chi connectivity index (χ4n) is 2.25. The van der Waals surface area contributed by atoms with Crippen molar-refractivity contribution in [2.75, 3.05) is 0 Å². The Hall–Kier alpha value is -1.03. The molecule has 0 aliphatic heterocycles. The lowest BCUT2D eigenvalue weighted by atomic mass is 10.1. The highest BCUT2D eigenvalue weighted by Gasteiger charge is 2.12. The van der Waals surface area contributed by atoms with Gasteiger partial charge < -0.3 is 10.5 Å². The van der Waals surface area contributed by atoms with Gasteiger partial charge in [0.05, 0.1) is 0 Å². The third-order valence-electron chi connectivity index (χ3n) is 3.24. The number of benzene rings is 2. The predicted octanol–water partition coefficient (Wildman–Crippen LogP) is 5.40. The smallest absolute Gasteiger partial charge is 0.132 e. The molecule has 0 spiro atoms. The topological polar surface area (TPSA) is 35.2 Å². The largest absolute Gasteiger partial charge is 0.457 e. The van der Waals surface area contributed by atoms with Crippen LogP contribution in [0.15, 0.2) is 34.8 Å². The van der Waals surface area contributed by atoms with E-state index < -0.39 is 0 Å². The third-order valence-corrected chi connectivity index (χ3v) is 4.84. The Morgan fingerprint density at radius 2 is 1.86 bits per heavy atom. The van der Waals surface area contributed by atoms with Crippen molar-refractivity contribution in [3.63, 3.8) is 0 Å². The average Bonchev–Trinajstić information content (AvgIpc) is 2.39. The van der Waals surface area contributed by atoms with E-state index in [4.69, 9.17) is 22.1 Å². The standard InChI is InChI=1S/C17H19BrClNO/c1-10-7-13(8-11(2)17(10)18)21-16-6-4-5-15(19)14(16)9-12(3)20/h4-8,12H,9,20H2,1-3H3. The summed E-state index contributed by atoms with van der Waals surface area (Å²) in [5, 5.41) is 0.690. The lowest BCUT2D eigenvalue weighted by molar-refractivity contribution is 0.473. The monoisotopic (exact) mass is 367 g/mol. The second-order valence-electron chi connectivity index (χ2n) is 5.37. The van der Waals surface area contributed by atoms with Crippen molar-refractivity contribution in [2.24, 2.45) is 5.73 Å². The minimum atomic E-state index is 0.0284. The van der Waals surface area contributed by atoms with Crippen LogP contribution in [0, 0.1) is 13.8 Å². The highest BCUT2D eigenvalue weighted by Crippen LogP contribution is 2.34. The maximum absolute atomic E-state index is 6.28. The Labute approximate surface area is 139 Å². The molecule has 1 unspecified atom stereocenters. The minimum Gasteiger partial charge on any atom is -0.457 e. The van der Waals surface area contributed by atoms with Gasteiger partial charge in [0.15, 0.2) is 0 Å². The van der Waals surface area contributed by atoms with Gasteiger partial charge in [-0.25, -0.2) is 0 Å². The molecule has 21 heavy (non-hydrogen) atoms. The first-order valence-corrected chi connectivity index (χ1v) is 8.03. The molecular weight excluding hydrogens is 350 g/mol. The number of ether oxygens (including phenoxy) is 1. The number of aryl methyl sites for hydroxylation is 2. The Kier molecular flexibility index (Phi) is 5.31. The maximum Gasteiger partial charge on any atom is 0.132 e. The second kappa shape index (κ2) is 6.82. The normalized spacial score (nSPS) is 12.3. The van der Waals surface area contributed by atoms with E-state index in [0.717, 1.165) is 32.7 Å². The van der Waals surface area contributed by atoms with E-state index >= 15 is 0 Å². The van der Waals surface area contributed by atoms with Gasteiger partial charge in [-0.2, -0.15) is 0 Å². The van der Waals surface area contributed by atoms with E-state index in [1.54, 1.807) is 0 Å². The van der Waals surface area contributed by atoms with Crippen LogP contribution in [-0.4, -0.2) is 6.04 Å². The zero-order valence-corrected chi connectivity index (χ0v) is 14.8. The number of rotatable bonds is 4. The van der Waals surface area contributed by atoms with Gasteiger partial charge >= 0.3 is 0 Å². The van der Waals surface area contributed by atoms with Gasteiger partial charge in [0, 0.05) is 21.1 Å². The van der Waals surface area contributed by atoms with Crippen molar-refractivity contribution >= 4 is 27.5 Å². The molecule has 4 heteroatoms. The highest BCUT2D eigenvalue weighted by atomic mass is 79.9. The van der Waals surface area contributed by atoms with Crippen molar-refractivity contribution in [3.8, 4) is 11.5 Å². The quantitative estimate of drug-likeness (QED) is 0.784. The predicted molar refractivity (Wildman–Crippen MR) is 92.5 cm³/mol. The summed E-state index contributed by atoms with van der Waals surface area (Å²) in [6.07, 6.45) is 0.684. The molecule has 2 rings (SSSR count). The summed E-state index contributed by atoms with van der Waals surface area (Å²) >= 11 is 9.85. The molecule has 0 aromatic heterocycles. The van der Waals surface area contributed by atoms with Gasteiger partial charge in [-0.05, 0) is 62.6 Å². The number of nitrogens with two attached hydrogens (primary N) is 1. The molecule has 0 fully saturated rings. The highest BCUT2D eigenvalue weighted by molar-refractivity contribution is 9.10. The Morgan fingerprint density at radius 1 is 1.24 bits per heavy atom. The lowest BCUT2D eigenvalue weighted by Gasteiger charge is -2.15. The van der Waals surface area contributed by atoms with Crippen LogP contribution in [0.1, 0.15) is 23.6 Å². The molecule has 0 saturated carbocycles. The summed E-state index contributed by atoms with van der Waals surface area (Å²) in [7, 11) is 0. The summed E-state index contributed by atoms with van der Waals surface area (Å²) < 4.78 is 7.16. The Balaban J connectivity index is 2.38. The molecule has 0 saturated heterocycles. The molecule has 2 aromatic rings. The molecule has 2 aromatic carbocycles. The minimum absolute atomic E-state index is 0.0284. The average molecular weight is 369 g/mol. The van der Waals surface area contributed by atoms with Crippen molar-refractivity contribution < 1.29 is 4.74 Å². The first-order chi connectivity index (χ1) is 9.88. The molecule has 1 atom stereocenters. The van der Waals surface area contributed by atoms with E-state index in [9.17, 15) is 0 Å². The number of hydrogen-bond donors (Lipinski definition) is 1. The SMILES string of the molecule is Cc1cc(Oc2cccc(Cl)c2CC(C)N)cc(C)c1Br. The second-order valence-corrected chi connectivity index (χ2v) is 6.57. The van der Waals surface area contributed by atoms with Crippen LogP contribution in [0.4, 0.5) is 0 Å². The third kappa shape index (κ3) is 4.00. The molecule has 2 N–H and O–H groups in total. The Bertz CT molecular complexity index is 632. The summed E-state index contributed by atoms with van der Waals surface area (Å²) in [6, 6.07) is 9.73. The van der Waals surface area contributed by atoms with E-state index in [0.29, 0.717) is 11.4 Å². The van der Waals surface area contributed by atoms with Gasteiger partial charge in [0.2, 0.25) is 0 Å². The van der Waals surface area contributed by atoms with Gasteiger partial charge in [-0.3, -0.25) is 0 Å². The van der Waals surface area contributed by atoms with Crippen LogP contribution >= 0.6 is 27.5 Å².